The summed E-state index contributed by atoms with van der Waals surface area (Å²) in [6.45, 7) is 0. The smallest absolute Gasteiger partial charge is 0.272 e. The second-order valence-electron chi connectivity index (χ2n) is 4.35. The van der Waals surface area contributed by atoms with Crippen molar-refractivity contribution in [2.24, 2.45) is 0 Å². The summed E-state index contributed by atoms with van der Waals surface area (Å²) in [6.07, 6.45) is 0. The maximum absolute atomic E-state index is 13.1. The Hall–Kier alpha value is -1.89. The van der Waals surface area contributed by atoms with E-state index in [1.807, 2.05) is 24.3 Å². The van der Waals surface area contributed by atoms with Gasteiger partial charge in [-0.05, 0) is 59.0 Å². The number of anilines is 1. The third-order valence-corrected chi connectivity index (χ3v) is 3.89. The van der Waals surface area contributed by atoms with Crippen molar-refractivity contribution in [2.45, 2.75) is 0 Å². The molecule has 0 spiro atoms. The molecule has 0 atom stereocenters. The van der Waals surface area contributed by atoms with E-state index in [0.29, 0.717) is 11.1 Å². The van der Waals surface area contributed by atoms with E-state index in [2.05, 4.69) is 32.9 Å². The first-order chi connectivity index (χ1) is 9.63. The molecule has 0 saturated carbocycles. The summed E-state index contributed by atoms with van der Waals surface area (Å²) < 4.78 is 14.1. The summed E-state index contributed by atoms with van der Waals surface area (Å²) in [6, 6.07) is 13.5. The molecule has 0 aliphatic rings. The van der Waals surface area contributed by atoms with E-state index in [0.717, 1.165) is 14.8 Å². The summed E-state index contributed by atoms with van der Waals surface area (Å²) >= 11 is 2.16. The second kappa shape index (κ2) is 5.24. The lowest BCUT2D eigenvalue weighted by Gasteiger charge is -2.05. The van der Waals surface area contributed by atoms with Crippen LogP contribution in [0.2, 0.25) is 0 Å². The third-order valence-electron chi connectivity index (χ3n) is 2.95. The Kier molecular flexibility index (Phi) is 3.43. The molecule has 3 rings (SSSR count). The van der Waals surface area contributed by atoms with Crippen molar-refractivity contribution in [3.05, 3.63) is 63.6 Å². The van der Waals surface area contributed by atoms with E-state index in [1.165, 1.54) is 12.1 Å². The zero-order chi connectivity index (χ0) is 14.1. The zero-order valence-corrected chi connectivity index (χ0v) is 12.4. The van der Waals surface area contributed by atoms with Crippen molar-refractivity contribution in [3.8, 4) is 0 Å². The minimum atomic E-state index is -0.318. The number of hydrogen-bond donors (Lipinski definition) is 2. The molecule has 0 radical (unpaired) electrons. The van der Waals surface area contributed by atoms with Crippen LogP contribution >= 0.6 is 22.6 Å². The Morgan fingerprint density at radius 1 is 1.15 bits per heavy atom. The number of aromatic nitrogens is 1. The molecule has 0 fully saturated rings. The van der Waals surface area contributed by atoms with Gasteiger partial charge in [-0.1, -0.05) is 12.1 Å². The molecular formula is C15H10FIN2O. The molecule has 0 saturated heterocycles. The number of fused-ring (bicyclic) bond motifs is 1. The van der Waals surface area contributed by atoms with Crippen LogP contribution in [0.5, 0.6) is 0 Å². The van der Waals surface area contributed by atoms with Gasteiger partial charge in [-0.2, -0.15) is 0 Å². The number of halogens is 2. The second-order valence-corrected chi connectivity index (χ2v) is 5.51. The molecule has 1 amide bonds. The van der Waals surface area contributed by atoms with Gasteiger partial charge in [0.25, 0.3) is 5.91 Å². The van der Waals surface area contributed by atoms with Crippen molar-refractivity contribution in [3.63, 3.8) is 0 Å². The number of aromatic amines is 1. The number of H-pyrrole nitrogens is 1. The molecule has 1 heterocycles. The standard InChI is InChI=1S/C15H10FIN2O/c16-10-5-6-12-9(7-10)8-14(18-12)15(20)19-13-4-2-1-3-11(13)17/h1-8,18H,(H,19,20). The average molecular weight is 380 g/mol. The minimum Gasteiger partial charge on any atom is -0.351 e. The summed E-state index contributed by atoms with van der Waals surface area (Å²) in [5.74, 6) is -0.563. The minimum absolute atomic E-state index is 0.245. The molecule has 0 unspecified atom stereocenters. The van der Waals surface area contributed by atoms with Crippen LogP contribution in [0.25, 0.3) is 10.9 Å². The van der Waals surface area contributed by atoms with Gasteiger partial charge in [-0.15, -0.1) is 0 Å². The number of para-hydroxylation sites is 1. The van der Waals surface area contributed by atoms with Crippen LogP contribution in [0.3, 0.4) is 0 Å². The summed E-state index contributed by atoms with van der Waals surface area (Å²) in [5.41, 5.74) is 1.90. The Morgan fingerprint density at radius 2 is 1.95 bits per heavy atom. The highest BCUT2D eigenvalue weighted by molar-refractivity contribution is 14.1. The molecule has 1 aromatic heterocycles. The highest BCUT2D eigenvalue weighted by Gasteiger charge is 2.11. The Bertz CT molecular complexity index is 797. The summed E-state index contributed by atoms with van der Waals surface area (Å²) in [7, 11) is 0. The van der Waals surface area contributed by atoms with Crippen molar-refractivity contribution in [1.82, 2.24) is 4.98 Å². The highest BCUT2D eigenvalue weighted by atomic mass is 127. The van der Waals surface area contributed by atoms with E-state index < -0.39 is 0 Å². The Morgan fingerprint density at radius 3 is 2.75 bits per heavy atom. The summed E-state index contributed by atoms with van der Waals surface area (Å²) in [4.78, 5) is 15.2. The van der Waals surface area contributed by atoms with Gasteiger partial charge in [0, 0.05) is 14.5 Å². The number of hydrogen-bond acceptors (Lipinski definition) is 1. The van der Waals surface area contributed by atoms with Crippen LogP contribution in [0.15, 0.2) is 48.5 Å². The van der Waals surface area contributed by atoms with Crippen molar-refractivity contribution >= 4 is 45.1 Å². The van der Waals surface area contributed by atoms with Gasteiger partial charge in [0.1, 0.15) is 11.5 Å². The van der Waals surface area contributed by atoms with Gasteiger partial charge in [0.2, 0.25) is 0 Å². The van der Waals surface area contributed by atoms with Crippen LogP contribution in [-0.2, 0) is 0 Å². The third kappa shape index (κ3) is 2.53. The maximum atomic E-state index is 13.1. The summed E-state index contributed by atoms with van der Waals surface area (Å²) in [5, 5.41) is 3.51. The molecule has 0 bridgehead atoms. The van der Waals surface area contributed by atoms with Crippen LogP contribution in [0.1, 0.15) is 10.5 Å². The van der Waals surface area contributed by atoms with E-state index in [1.54, 1.807) is 12.1 Å². The molecule has 3 aromatic rings. The number of nitrogens with one attached hydrogen (secondary N) is 2. The highest BCUT2D eigenvalue weighted by Crippen LogP contribution is 2.20. The Labute approximate surface area is 128 Å². The number of benzene rings is 2. The van der Waals surface area contributed by atoms with Crippen LogP contribution in [-0.4, -0.2) is 10.9 Å². The van der Waals surface area contributed by atoms with Gasteiger partial charge < -0.3 is 10.3 Å². The molecular weight excluding hydrogens is 370 g/mol. The quantitative estimate of drug-likeness (QED) is 0.645. The number of carbonyl (C=O) groups is 1. The van der Waals surface area contributed by atoms with E-state index >= 15 is 0 Å². The maximum Gasteiger partial charge on any atom is 0.272 e. The molecule has 0 aliphatic heterocycles. The molecule has 20 heavy (non-hydrogen) atoms. The lowest BCUT2D eigenvalue weighted by atomic mass is 10.2. The van der Waals surface area contributed by atoms with Crippen molar-refractivity contribution in [1.29, 1.82) is 0 Å². The van der Waals surface area contributed by atoms with Crippen molar-refractivity contribution in [2.75, 3.05) is 5.32 Å². The van der Waals surface area contributed by atoms with Gasteiger partial charge in [-0.25, -0.2) is 4.39 Å². The van der Waals surface area contributed by atoms with Crippen LogP contribution in [0, 0.1) is 9.39 Å². The number of rotatable bonds is 2. The lowest BCUT2D eigenvalue weighted by molar-refractivity contribution is 0.102. The topological polar surface area (TPSA) is 44.9 Å². The van der Waals surface area contributed by atoms with Gasteiger partial charge >= 0.3 is 0 Å². The van der Waals surface area contributed by atoms with Crippen molar-refractivity contribution < 1.29 is 9.18 Å². The Balaban J connectivity index is 1.91. The van der Waals surface area contributed by atoms with E-state index in [-0.39, 0.29) is 11.7 Å². The fourth-order valence-corrected chi connectivity index (χ4v) is 2.50. The first kappa shape index (κ1) is 13.1. The fourth-order valence-electron chi connectivity index (χ4n) is 1.98. The molecule has 2 N–H and O–H groups in total. The molecule has 100 valence electrons. The van der Waals surface area contributed by atoms with Gasteiger partial charge in [0.05, 0.1) is 5.69 Å². The normalized spacial score (nSPS) is 10.7. The predicted molar refractivity (Wildman–Crippen MR) is 85.4 cm³/mol. The molecule has 0 aliphatic carbocycles. The van der Waals surface area contributed by atoms with Gasteiger partial charge in [-0.3, -0.25) is 4.79 Å². The molecule has 3 nitrogen and oxygen atoms in total. The fraction of sp³-hybridized carbons (Fsp3) is 0. The lowest BCUT2D eigenvalue weighted by Crippen LogP contribution is -2.12. The first-order valence-corrected chi connectivity index (χ1v) is 7.05. The number of amides is 1. The SMILES string of the molecule is O=C(Nc1ccccc1I)c1cc2cc(F)ccc2[nH]1. The zero-order valence-electron chi connectivity index (χ0n) is 10.3. The number of carbonyl (C=O) groups excluding carboxylic acids is 1. The predicted octanol–water partition coefficient (Wildman–Crippen LogP) is 4.16. The van der Waals surface area contributed by atoms with Gasteiger partial charge in [0.15, 0.2) is 0 Å². The largest absolute Gasteiger partial charge is 0.351 e. The average Bonchev–Trinajstić information content (AvgIpc) is 2.84. The monoisotopic (exact) mass is 380 g/mol. The first-order valence-electron chi connectivity index (χ1n) is 5.97. The van der Waals surface area contributed by atoms with Crippen LogP contribution in [0.4, 0.5) is 10.1 Å². The van der Waals surface area contributed by atoms with Crippen LogP contribution < -0.4 is 5.32 Å². The van der Waals surface area contributed by atoms with E-state index in [4.69, 9.17) is 0 Å². The van der Waals surface area contributed by atoms with E-state index in [9.17, 15) is 9.18 Å². The molecule has 2 aromatic carbocycles. The molecule has 5 heteroatoms.